The van der Waals surface area contributed by atoms with Crippen molar-refractivity contribution in [3.8, 4) is 5.75 Å². The molecule has 1 aliphatic rings. The van der Waals surface area contributed by atoms with Gasteiger partial charge in [-0.1, -0.05) is 18.6 Å². The Morgan fingerprint density at radius 1 is 1.22 bits per heavy atom. The highest BCUT2D eigenvalue weighted by atomic mass is 16.5. The first-order valence-corrected chi connectivity index (χ1v) is 6.69. The van der Waals surface area contributed by atoms with Gasteiger partial charge in [0, 0.05) is 12.5 Å². The summed E-state index contributed by atoms with van der Waals surface area (Å²) >= 11 is 0. The average molecular weight is 250 g/mol. The van der Waals surface area contributed by atoms with E-state index in [9.17, 15) is 5.11 Å². The number of hydrogen-bond acceptors (Lipinski definition) is 3. The minimum absolute atomic E-state index is 0.164. The Morgan fingerprint density at radius 3 is 2.56 bits per heavy atom. The maximum absolute atomic E-state index is 10.4. The highest BCUT2D eigenvalue weighted by Gasteiger charge is 2.32. The number of hydrogen-bond donors (Lipinski definition) is 2. The molecule has 2 rings (SSSR count). The van der Waals surface area contributed by atoms with Crippen LogP contribution in [0, 0.1) is 5.92 Å². The number of rotatable bonds is 4. The van der Waals surface area contributed by atoms with Crippen LogP contribution in [-0.4, -0.2) is 30.0 Å². The molecule has 1 aromatic carbocycles. The molecule has 3 nitrogen and oxygen atoms in total. The largest absolute Gasteiger partial charge is 0.497 e. The lowest BCUT2D eigenvalue weighted by Crippen LogP contribution is -2.32. The van der Waals surface area contributed by atoms with Crippen LogP contribution in [0.15, 0.2) is 24.3 Å². The lowest BCUT2D eigenvalue weighted by molar-refractivity contribution is 0.0361. The Bertz CT molecular complexity index is 359. The normalized spacial score (nSPS) is 28.1. The molecule has 3 atom stereocenters. The van der Waals surface area contributed by atoms with E-state index in [1.54, 1.807) is 7.11 Å². The highest BCUT2D eigenvalue weighted by molar-refractivity contribution is 5.30. The summed E-state index contributed by atoms with van der Waals surface area (Å²) in [6.45, 7) is 0.164. The van der Waals surface area contributed by atoms with Crippen molar-refractivity contribution in [2.24, 2.45) is 5.92 Å². The van der Waals surface area contributed by atoms with Crippen LogP contribution in [0.25, 0.3) is 0 Å². The lowest BCUT2D eigenvalue weighted by atomic mass is 9.74. The smallest absolute Gasteiger partial charge is 0.118 e. The SMILES string of the molecule is COc1ccc([C@@H]2CCC[C@H](CCO)[C@@H]2O)cc1. The fourth-order valence-electron chi connectivity index (χ4n) is 2.97. The molecule has 0 aromatic heterocycles. The van der Waals surface area contributed by atoms with Crippen molar-refractivity contribution in [1.82, 2.24) is 0 Å². The fraction of sp³-hybridized carbons (Fsp3) is 0.600. The van der Waals surface area contributed by atoms with Gasteiger partial charge in [-0.15, -0.1) is 0 Å². The molecule has 0 heterocycles. The predicted octanol–water partition coefficient (Wildman–Crippen LogP) is 2.32. The molecule has 1 aromatic rings. The Kier molecular flexibility index (Phi) is 4.61. The summed E-state index contributed by atoms with van der Waals surface area (Å²) in [5.41, 5.74) is 1.17. The summed E-state index contributed by atoms with van der Waals surface area (Å²) < 4.78 is 5.15. The van der Waals surface area contributed by atoms with Crippen molar-refractivity contribution < 1.29 is 14.9 Å². The number of methoxy groups -OCH3 is 1. The standard InChI is InChI=1S/C15H22O3/c1-18-13-7-5-11(6-8-13)14-4-2-3-12(9-10-16)15(14)17/h5-8,12,14-17H,2-4,9-10H2,1H3/t12-,14+,15+/m1/s1. The van der Waals surface area contributed by atoms with Crippen LogP contribution in [0.3, 0.4) is 0 Å². The molecule has 0 unspecified atom stereocenters. The highest BCUT2D eigenvalue weighted by Crippen LogP contribution is 2.38. The van der Waals surface area contributed by atoms with Gasteiger partial charge in [0.25, 0.3) is 0 Å². The summed E-state index contributed by atoms with van der Waals surface area (Å²) in [4.78, 5) is 0. The number of aliphatic hydroxyl groups excluding tert-OH is 2. The third kappa shape index (κ3) is 2.85. The predicted molar refractivity (Wildman–Crippen MR) is 70.8 cm³/mol. The number of ether oxygens (including phenoxy) is 1. The van der Waals surface area contributed by atoms with E-state index in [1.165, 1.54) is 5.56 Å². The average Bonchev–Trinajstić information content (AvgIpc) is 2.42. The molecule has 1 aliphatic carbocycles. The first-order chi connectivity index (χ1) is 8.76. The monoisotopic (exact) mass is 250 g/mol. The van der Waals surface area contributed by atoms with E-state index >= 15 is 0 Å². The maximum Gasteiger partial charge on any atom is 0.118 e. The maximum atomic E-state index is 10.4. The molecule has 0 saturated heterocycles. The van der Waals surface area contributed by atoms with Gasteiger partial charge in [-0.05, 0) is 42.9 Å². The van der Waals surface area contributed by atoms with Crippen molar-refractivity contribution in [2.45, 2.75) is 37.7 Å². The van der Waals surface area contributed by atoms with Crippen LogP contribution >= 0.6 is 0 Å². The minimum atomic E-state index is -0.334. The minimum Gasteiger partial charge on any atom is -0.497 e. The van der Waals surface area contributed by atoms with E-state index in [0.29, 0.717) is 6.42 Å². The Labute approximate surface area is 108 Å². The van der Waals surface area contributed by atoms with Gasteiger partial charge in [-0.2, -0.15) is 0 Å². The van der Waals surface area contributed by atoms with E-state index in [1.807, 2.05) is 24.3 Å². The molecular weight excluding hydrogens is 228 g/mol. The van der Waals surface area contributed by atoms with Crippen LogP contribution in [0.2, 0.25) is 0 Å². The van der Waals surface area contributed by atoms with Crippen LogP contribution in [0.4, 0.5) is 0 Å². The lowest BCUT2D eigenvalue weighted by Gasteiger charge is -2.35. The molecule has 1 fully saturated rings. The number of aliphatic hydroxyl groups is 2. The summed E-state index contributed by atoms with van der Waals surface area (Å²) in [7, 11) is 1.65. The van der Waals surface area contributed by atoms with Crippen molar-refractivity contribution >= 4 is 0 Å². The molecule has 1 saturated carbocycles. The van der Waals surface area contributed by atoms with E-state index < -0.39 is 0 Å². The fourth-order valence-corrected chi connectivity index (χ4v) is 2.97. The molecule has 0 amide bonds. The molecule has 0 spiro atoms. The molecule has 0 bridgehead atoms. The number of benzene rings is 1. The molecule has 18 heavy (non-hydrogen) atoms. The summed E-state index contributed by atoms with van der Waals surface area (Å²) in [5.74, 6) is 1.27. The Hall–Kier alpha value is -1.06. The van der Waals surface area contributed by atoms with Gasteiger partial charge in [0.2, 0.25) is 0 Å². The van der Waals surface area contributed by atoms with E-state index in [2.05, 4.69) is 0 Å². The van der Waals surface area contributed by atoms with Gasteiger partial charge < -0.3 is 14.9 Å². The van der Waals surface area contributed by atoms with Gasteiger partial charge in [0.1, 0.15) is 5.75 Å². The van der Waals surface area contributed by atoms with Crippen LogP contribution in [0.1, 0.15) is 37.2 Å². The Morgan fingerprint density at radius 2 is 1.94 bits per heavy atom. The second-order valence-corrected chi connectivity index (χ2v) is 5.07. The molecule has 100 valence electrons. The topological polar surface area (TPSA) is 49.7 Å². The third-order valence-electron chi connectivity index (χ3n) is 4.03. The summed E-state index contributed by atoms with van der Waals surface area (Å²) in [5, 5.41) is 19.4. The van der Waals surface area contributed by atoms with E-state index in [-0.39, 0.29) is 24.5 Å². The van der Waals surface area contributed by atoms with Gasteiger partial charge in [0.15, 0.2) is 0 Å². The zero-order chi connectivity index (χ0) is 13.0. The molecule has 2 N–H and O–H groups in total. The van der Waals surface area contributed by atoms with Crippen molar-refractivity contribution in [3.63, 3.8) is 0 Å². The molecule has 0 radical (unpaired) electrons. The van der Waals surface area contributed by atoms with E-state index in [4.69, 9.17) is 9.84 Å². The summed E-state index contributed by atoms with van der Waals surface area (Å²) in [6.07, 6.45) is 3.54. The summed E-state index contributed by atoms with van der Waals surface area (Å²) in [6, 6.07) is 7.96. The molecular formula is C15H22O3. The first kappa shape index (κ1) is 13.4. The van der Waals surface area contributed by atoms with Gasteiger partial charge in [-0.25, -0.2) is 0 Å². The van der Waals surface area contributed by atoms with Gasteiger partial charge in [-0.3, -0.25) is 0 Å². The van der Waals surface area contributed by atoms with Crippen molar-refractivity contribution in [2.75, 3.05) is 13.7 Å². The van der Waals surface area contributed by atoms with Crippen molar-refractivity contribution in [3.05, 3.63) is 29.8 Å². The molecule has 0 aliphatic heterocycles. The quantitative estimate of drug-likeness (QED) is 0.862. The van der Waals surface area contributed by atoms with Gasteiger partial charge in [0.05, 0.1) is 13.2 Å². The van der Waals surface area contributed by atoms with Crippen molar-refractivity contribution in [1.29, 1.82) is 0 Å². The van der Waals surface area contributed by atoms with Crippen LogP contribution in [0.5, 0.6) is 5.75 Å². The van der Waals surface area contributed by atoms with E-state index in [0.717, 1.165) is 25.0 Å². The Balaban J connectivity index is 2.10. The molecule has 3 heteroatoms. The second kappa shape index (κ2) is 6.21. The van der Waals surface area contributed by atoms with Crippen LogP contribution in [-0.2, 0) is 0 Å². The third-order valence-corrected chi connectivity index (χ3v) is 4.03. The first-order valence-electron chi connectivity index (χ1n) is 6.69. The second-order valence-electron chi connectivity index (χ2n) is 5.07. The zero-order valence-electron chi connectivity index (χ0n) is 10.9. The van der Waals surface area contributed by atoms with Crippen LogP contribution < -0.4 is 4.74 Å². The van der Waals surface area contributed by atoms with Gasteiger partial charge >= 0.3 is 0 Å². The zero-order valence-corrected chi connectivity index (χ0v) is 10.9.